The summed E-state index contributed by atoms with van der Waals surface area (Å²) >= 11 is 0. The van der Waals surface area contributed by atoms with Crippen LogP contribution in [0.15, 0.2) is 18.2 Å². The molecule has 0 bridgehead atoms. The van der Waals surface area contributed by atoms with Gasteiger partial charge in [-0.15, -0.1) is 0 Å². The third kappa shape index (κ3) is 2.58. The number of benzene rings is 1. The van der Waals surface area contributed by atoms with Gasteiger partial charge in [-0.05, 0) is 48.9 Å². The van der Waals surface area contributed by atoms with E-state index in [1.165, 1.54) is 36.8 Å². The first-order valence-electron chi connectivity index (χ1n) is 8.43. The Morgan fingerprint density at radius 1 is 1.19 bits per heavy atom. The second-order valence-electron chi connectivity index (χ2n) is 6.98. The Labute approximate surface area is 126 Å². The van der Waals surface area contributed by atoms with E-state index in [4.69, 9.17) is 15.2 Å². The summed E-state index contributed by atoms with van der Waals surface area (Å²) in [6.45, 7) is 0.848. The number of ether oxygens (including phenoxy) is 2. The van der Waals surface area contributed by atoms with Gasteiger partial charge in [-0.25, -0.2) is 0 Å². The summed E-state index contributed by atoms with van der Waals surface area (Å²) in [5.74, 6) is 1.02. The van der Waals surface area contributed by atoms with E-state index in [1.54, 1.807) is 0 Å². The largest absolute Gasteiger partial charge is 0.490 e. The maximum atomic E-state index is 6.28. The highest BCUT2D eigenvalue weighted by Gasteiger charge is 2.40. The van der Waals surface area contributed by atoms with E-state index in [2.05, 4.69) is 18.2 Å². The van der Waals surface area contributed by atoms with Crippen LogP contribution in [-0.2, 0) is 11.2 Å². The predicted octanol–water partition coefficient (Wildman–Crippen LogP) is 3.50. The van der Waals surface area contributed by atoms with Crippen molar-refractivity contribution in [2.24, 2.45) is 5.73 Å². The molecule has 4 rings (SSSR count). The maximum Gasteiger partial charge on any atom is 0.120 e. The van der Waals surface area contributed by atoms with Gasteiger partial charge < -0.3 is 15.2 Å². The normalized spacial score (nSPS) is 30.5. The molecular formula is C18H25NO2. The van der Waals surface area contributed by atoms with Gasteiger partial charge in [0.2, 0.25) is 0 Å². The molecule has 1 saturated heterocycles. The van der Waals surface area contributed by atoms with Crippen molar-refractivity contribution in [3.63, 3.8) is 0 Å². The zero-order valence-corrected chi connectivity index (χ0v) is 12.6. The molecular weight excluding hydrogens is 262 g/mol. The quantitative estimate of drug-likeness (QED) is 0.905. The van der Waals surface area contributed by atoms with E-state index in [9.17, 15) is 0 Å². The standard InChI is InChI=1S/C18H25NO2/c19-17-6-3-13-11-14(4-5-16(13)17)21-15-7-10-20-18(12-15)8-1-2-9-18/h4-5,11,15,17H,1-3,6-10,12,19H2/t15?,17-/m1/s1. The van der Waals surface area contributed by atoms with Gasteiger partial charge in [0.15, 0.2) is 0 Å². The first-order chi connectivity index (χ1) is 10.2. The summed E-state index contributed by atoms with van der Waals surface area (Å²) in [5.41, 5.74) is 8.91. The molecule has 2 atom stereocenters. The lowest BCUT2D eigenvalue weighted by atomic mass is 9.90. The van der Waals surface area contributed by atoms with Crippen molar-refractivity contribution in [2.45, 2.75) is 69.1 Å². The molecule has 3 nitrogen and oxygen atoms in total. The van der Waals surface area contributed by atoms with Crippen molar-refractivity contribution < 1.29 is 9.47 Å². The van der Waals surface area contributed by atoms with E-state index in [-0.39, 0.29) is 11.6 Å². The number of hydrogen-bond acceptors (Lipinski definition) is 3. The second-order valence-corrected chi connectivity index (χ2v) is 6.98. The van der Waals surface area contributed by atoms with Gasteiger partial charge in [-0.2, -0.15) is 0 Å². The molecule has 0 aromatic heterocycles. The Bertz CT molecular complexity index is 522. The fourth-order valence-electron chi connectivity index (χ4n) is 4.34. The summed E-state index contributed by atoms with van der Waals surface area (Å²) in [7, 11) is 0. The number of hydrogen-bond donors (Lipinski definition) is 1. The van der Waals surface area contributed by atoms with Crippen LogP contribution < -0.4 is 10.5 Å². The minimum atomic E-state index is 0.127. The SMILES string of the molecule is N[C@@H]1CCc2cc(OC3CCOC4(CCCC4)C3)ccc21. The molecule has 0 amide bonds. The fraction of sp³-hybridized carbons (Fsp3) is 0.667. The van der Waals surface area contributed by atoms with Crippen molar-refractivity contribution in [1.82, 2.24) is 0 Å². The Hall–Kier alpha value is -1.06. The predicted molar refractivity (Wildman–Crippen MR) is 82.5 cm³/mol. The molecule has 0 radical (unpaired) electrons. The van der Waals surface area contributed by atoms with Crippen LogP contribution in [0.3, 0.4) is 0 Å². The molecule has 1 spiro atoms. The van der Waals surface area contributed by atoms with Crippen molar-refractivity contribution in [3.05, 3.63) is 29.3 Å². The summed E-state index contributed by atoms with van der Waals surface area (Å²) in [5, 5.41) is 0. The van der Waals surface area contributed by atoms with E-state index in [0.29, 0.717) is 6.10 Å². The summed E-state index contributed by atoms with van der Waals surface area (Å²) in [4.78, 5) is 0. The van der Waals surface area contributed by atoms with Gasteiger partial charge in [0.25, 0.3) is 0 Å². The van der Waals surface area contributed by atoms with Crippen molar-refractivity contribution in [3.8, 4) is 5.75 Å². The molecule has 1 aromatic rings. The second kappa shape index (κ2) is 5.29. The van der Waals surface area contributed by atoms with Gasteiger partial charge in [0.1, 0.15) is 11.9 Å². The van der Waals surface area contributed by atoms with E-state index in [1.807, 2.05) is 0 Å². The highest BCUT2D eigenvalue weighted by Crippen LogP contribution is 2.41. The average Bonchev–Trinajstić information content (AvgIpc) is 3.07. The topological polar surface area (TPSA) is 44.5 Å². The molecule has 2 fully saturated rings. The monoisotopic (exact) mass is 287 g/mol. The van der Waals surface area contributed by atoms with Crippen molar-refractivity contribution >= 4 is 0 Å². The number of rotatable bonds is 2. The Balaban J connectivity index is 1.46. The molecule has 114 valence electrons. The molecule has 1 heterocycles. The van der Waals surface area contributed by atoms with Crippen LogP contribution in [0.25, 0.3) is 0 Å². The van der Waals surface area contributed by atoms with Crippen LogP contribution in [0.1, 0.15) is 62.1 Å². The highest BCUT2D eigenvalue weighted by molar-refractivity contribution is 5.40. The van der Waals surface area contributed by atoms with Crippen LogP contribution in [0.5, 0.6) is 5.75 Å². The minimum absolute atomic E-state index is 0.127. The van der Waals surface area contributed by atoms with E-state index >= 15 is 0 Å². The first kappa shape index (κ1) is 13.6. The number of fused-ring (bicyclic) bond motifs is 1. The highest BCUT2D eigenvalue weighted by atomic mass is 16.5. The molecule has 21 heavy (non-hydrogen) atoms. The van der Waals surface area contributed by atoms with E-state index in [0.717, 1.165) is 38.0 Å². The molecule has 1 aliphatic heterocycles. The maximum absolute atomic E-state index is 6.28. The molecule has 2 N–H and O–H groups in total. The van der Waals surface area contributed by atoms with Gasteiger partial charge in [-0.1, -0.05) is 18.9 Å². The summed E-state index contributed by atoms with van der Waals surface area (Å²) in [6, 6.07) is 6.69. The molecule has 1 saturated carbocycles. The van der Waals surface area contributed by atoms with Crippen LogP contribution in [0.2, 0.25) is 0 Å². The summed E-state index contributed by atoms with van der Waals surface area (Å²) < 4.78 is 12.4. The van der Waals surface area contributed by atoms with Crippen molar-refractivity contribution in [1.29, 1.82) is 0 Å². The lowest BCUT2D eigenvalue weighted by Gasteiger charge is -2.38. The number of aryl methyl sites for hydroxylation is 1. The summed E-state index contributed by atoms with van der Waals surface area (Å²) in [6.07, 6.45) is 9.59. The van der Waals surface area contributed by atoms with Crippen LogP contribution in [0.4, 0.5) is 0 Å². The van der Waals surface area contributed by atoms with Gasteiger partial charge in [0.05, 0.1) is 12.2 Å². The number of nitrogens with two attached hydrogens (primary N) is 1. The van der Waals surface area contributed by atoms with E-state index < -0.39 is 0 Å². The van der Waals surface area contributed by atoms with Crippen LogP contribution >= 0.6 is 0 Å². The van der Waals surface area contributed by atoms with Crippen LogP contribution in [0, 0.1) is 0 Å². The molecule has 2 aliphatic carbocycles. The lowest BCUT2D eigenvalue weighted by molar-refractivity contribution is -0.108. The smallest absolute Gasteiger partial charge is 0.120 e. The van der Waals surface area contributed by atoms with Gasteiger partial charge >= 0.3 is 0 Å². The van der Waals surface area contributed by atoms with Gasteiger partial charge in [-0.3, -0.25) is 0 Å². The zero-order chi connectivity index (χ0) is 14.3. The van der Waals surface area contributed by atoms with Crippen molar-refractivity contribution in [2.75, 3.05) is 6.61 Å². The molecule has 1 aromatic carbocycles. The third-order valence-corrected chi connectivity index (χ3v) is 5.50. The Morgan fingerprint density at radius 2 is 2.05 bits per heavy atom. The van der Waals surface area contributed by atoms with Crippen LogP contribution in [-0.4, -0.2) is 18.3 Å². The minimum Gasteiger partial charge on any atom is -0.490 e. The zero-order valence-electron chi connectivity index (χ0n) is 12.6. The molecule has 1 unspecified atom stereocenters. The average molecular weight is 287 g/mol. The fourth-order valence-corrected chi connectivity index (χ4v) is 4.34. The Morgan fingerprint density at radius 3 is 2.90 bits per heavy atom. The molecule has 3 aliphatic rings. The third-order valence-electron chi connectivity index (χ3n) is 5.50. The Kier molecular flexibility index (Phi) is 3.43. The molecule has 3 heteroatoms. The first-order valence-corrected chi connectivity index (χ1v) is 8.43. The van der Waals surface area contributed by atoms with Gasteiger partial charge in [0, 0.05) is 18.9 Å². The lowest BCUT2D eigenvalue weighted by Crippen LogP contribution is -2.41.